The van der Waals surface area contributed by atoms with Gasteiger partial charge in [-0.1, -0.05) is 19.3 Å². The average molecular weight is 336 g/mol. The number of benzene rings is 1. The zero-order valence-electron chi connectivity index (χ0n) is 13.5. The third kappa shape index (κ3) is 4.70. The number of amides is 1. The molecule has 3 rings (SSSR count). The average Bonchev–Trinajstić information content (AvgIpc) is 2.62. The lowest BCUT2D eigenvalue weighted by atomic mass is 9.94. The minimum absolute atomic E-state index is 0.197. The van der Waals surface area contributed by atoms with Crippen LogP contribution < -0.4 is 0 Å². The van der Waals surface area contributed by atoms with Crippen LogP contribution in [-0.4, -0.2) is 53.7 Å². The summed E-state index contributed by atoms with van der Waals surface area (Å²) in [5.74, 6) is 0.400. The molecule has 1 aromatic carbocycles. The molecule has 1 heterocycles. The van der Waals surface area contributed by atoms with Crippen LogP contribution in [-0.2, 0) is 4.79 Å². The Kier molecular flexibility index (Phi) is 5.95. The summed E-state index contributed by atoms with van der Waals surface area (Å²) in [6.07, 6.45) is 6.76. The van der Waals surface area contributed by atoms with E-state index in [1.54, 1.807) is 12.1 Å². The summed E-state index contributed by atoms with van der Waals surface area (Å²) in [6, 6.07) is 7.09. The minimum Gasteiger partial charge on any atom is -0.339 e. The fraction of sp³-hybridized carbons (Fsp3) is 0.611. The number of nitrogens with zero attached hydrogens (tertiary/aromatic N) is 2. The first-order valence-electron chi connectivity index (χ1n) is 8.62. The van der Waals surface area contributed by atoms with Crippen LogP contribution in [0.15, 0.2) is 29.2 Å². The van der Waals surface area contributed by atoms with Gasteiger partial charge in [0.2, 0.25) is 5.91 Å². The van der Waals surface area contributed by atoms with Gasteiger partial charge in [0, 0.05) is 37.1 Å². The molecule has 0 atom stereocenters. The summed E-state index contributed by atoms with van der Waals surface area (Å²) in [4.78, 5) is 17.8. The van der Waals surface area contributed by atoms with Crippen LogP contribution in [0.25, 0.3) is 0 Å². The zero-order chi connectivity index (χ0) is 16.1. The molecule has 2 aliphatic rings. The first-order chi connectivity index (χ1) is 11.2. The summed E-state index contributed by atoms with van der Waals surface area (Å²) in [6.45, 7) is 3.72. The predicted molar refractivity (Wildman–Crippen MR) is 92.2 cm³/mol. The highest BCUT2D eigenvalue weighted by Gasteiger charge is 2.26. The van der Waals surface area contributed by atoms with Gasteiger partial charge < -0.3 is 4.90 Å². The lowest BCUT2D eigenvalue weighted by Gasteiger charge is -2.40. The molecule has 1 saturated carbocycles. The first-order valence-corrected chi connectivity index (χ1v) is 9.61. The van der Waals surface area contributed by atoms with Gasteiger partial charge in [-0.25, -0.2) is 4.39 Å². The Bertz CT molecular complexity index is 508. The van der Waals surface area contributed by atoms with Gasteiger partial charge in [-0.05, 0) is 37.1 Å². The summed E-state index contributed by atoms with van der Waals surface area (Å²) < 4.78 is 12.9. The molecule has 3 nitrogen and oxygen atoms in total. The molecule has 0 bridgehead atoms. The second-order valence-corrected chi connectivity index (χ2v) is 7.50. The van der Waals surface area contributed by atoms with Gasteiger partial charge in [0.15, 0.2) is 0 Å². The normalized spacial score (nSPS) is 20.7. The van der Waals surface area contributed by atoms with E-state index < -0.39 is 0 Å². The molecule has 1 aliphatic heterocycles. The molecule has 1 aromatic rings. The SMILES string of the molecule is O=C(CSc1ccc(F)cc1)N1CCN(C2CCCCC2)CC1. The number of rotatable bonds is 4. The Labute approximate surface area is 142 Å². The van der Waals surface area contributed by atoms with Crippen LogP contribution in [0, 0.1) is 5.82 Å². The summed E-state index contributed by atoms with van der Waals surface area (Å²) in [7, 11) is 0. The molecule has 0 unspecified atom stereocenters. The van der Waals surface area contributed by atoms with Crippen molar-refractivity contribution in [3.8, 4) is 0 Å². The van der Waals surface area contributed by atoms with E-state index in [0.717, 1.165) is 37.1 Å². The quantitative estimate of drug-likeness (QED) is 0.788. The van der Waals surface area contributed by atoms with Crippen molar-refractivity contribution in [1.82, 2.24) is 9.80 Å². The fourth-order valence-corrected chi connectivity index (χ4v) is 4.35. The molecule has 1 amide bonds. The van der Waals surface area contributed by atoms with Crippen molar-refractivity contribution in [2.45, 2.75) is 43.0 Å². The lowest BCUT2D eigenvalue weighted by Crippen LogP contribution is -2.52. The smallest absolute Gasteiger partial charge is 0.233 e. The minimum atomic E-state index is -0.237. The summed E-state index contributed by atoms with van der Waals surface area (Å²) in [5.41, 5.74) is 0. The zero-order valence-corrected chi connectivity index (χ0v) is 14.4. The van der Waals surface area contributed by atoms with Crippen molar-refractivity contribution < 1.29 is 9.18 Å². The molecule has 0 radical (unpaired) electrons. The van der Waals surface area contributed by atoms with Gasteiger partial charge in [0.05, 0.1) is 5.75 Å². The first kappa shape index (κ1) is 16.8. The van der Waals surface area contributed by atoms with Gasteiger partial charge in [-0.3, -0.25) is 9.69 Å². The highest BCUT2D eigenvalue weighted by Crippen LogP contribution is 2.24. The van der Waals surface area contributed by atoms with Gasteiger partial charge in [-0.15, -0.1) is 11.8 Å². The van der Waals surface area contributed by atoms with E-state index in [4.69, 9.17) is 0 Å². The van der Waals surface area contributed by atoms with Gasteiger partial charge in [0.1, 0.15) is 5.82 Å². The molecule has 0 N–H and O–H groups in total. The van der Waals surface area contributed by atoms with E-state index in [-0.39, 0.29) is 11.7 Å². The Morgan fingerprint density at radius 2 is 1.70 bits per heavy atom. The van der Waals surface area contributed by atoms with Crippen molar-refractivity contribution in [1.29, 1.82) is 0 Å². The number of thioether (sulfide) groups is 1. The van der Waals surface area contributed by atoms with Crippen molar-refractivity contribution in [3.63, 3.8) is 0 Å². The molecule has 0 spiro atoms. The number of carbonyl (C=O) groups is 1. The number of carbonyl (C=O) groups excluding carboxylic acids is 1. The van der Waals surface area contributed by atoms with Crippen LogP contribution in [0.3, 0.4) is 0 Å². The summed E-state index contributed by atoms with van der Waals surface area (Å²) >= 11 is 1.49. The fourth-order valence-electron chi connectivity index (χ4n) is 3.55. The molecule has 23 heavy (non-hydrogen) atoms. The number of hydrogen-bond acceptors (Lipinski definition) is 3. The second-order valence-electron chi connectivity index (χ2n) is 6.45. The van der Waals surface area contributed by atoms with Gasteiger partial charge >= 0.3 is 0 Å². The number of piperazine rings is 1. The van der Waals surface area contributed by atoms with E-state index in [9.17, 15) is 9.18 Å². The maximum Gasteiger partial charge on any atom is 0.233 e. The Hall–Kier alpha value is -1.07. The van der Waals surface area contributed by atoms with Crippen molar-refractivity contribution >= 4 is 17.7 Å². The molecule has 1 aliphatic carbocycles. The van der Waals surface area contributed by atoms with Crippen LogP contribution >= 0.6 is 11.8 Å². The van der Waals surface area contributed by atoms with Crippen LogP contribution in [0.4, 0.5) is 4.39 Å². The molecule has 2 fully saturated rings. The third-order valence-corrected chi connectivity index (χ3v) is 5.93. The molecule has 5 heteroatoms. The van der Waals surface area contributed by atoms with Gasteiger partial charge in [0.25, 0.3) is 0 Å². The van der Waals surface area contributed by atoms with E-state index in [2.05, 4.69) is 4.90 Å². The van der Waals surface area contributed by atoms with E-state index in [0.29, 0.717) is 5.75 Å². The molecule has 126 valence electrons. The largest absolute Gasteiger partial charge is 0.339 e. The second kappa shape index (κ2) is 8.15. The standard InChI is InChI=1S/C18H25FN2OS/c19-15-6-8-17(9-7-15)23-14-18(22)21-12-10-20(11-13-21)16-4-2-1-3-5-16/h6-9,16H,1-5,10-14H2. The van der Waals surface area contributed by atoms with Crippen molar-refractivity contribution in [3.05, 3.63) is 30.1 Å². The number of hydrogen-bond donors (Lipinski definition) is 0. The highest BCUT2D eigenvalue weighted by atomic mass is 32.2. The van der Waals surface area contributed by atoms with Crippen molar-refractivity contribution in [2.24, 2.45) is 0 Å². The van der Waals surface area contributed by atoms with E-state index in [1.807, 2.05) is 4.90 Å². The molecular formula is C18H25FN2OS. The van der Waals surface area contributed by atoms with Crippen LogP contribution in [0.1, 0.15) is 32.1 Å². The molecular weight excluding hydrogens is 311 g/mol. The molecule has 0 aromatic heterocycles. The van der Waals surface area contributed by atoms with E-state index >= 15 is 0 Å². The highest BCUT2D eigenvalue weighted by molar-refractivity contribution is 8.00. The predicted octanol–water partition coefficient (Wildman–Crippen LogP) is 3.39. The van der Waals surface area contributed by atoms with E-state index in [1.165, 1.54) is 56.0 Å². The topological polar surface area (TPSA) is 23.6 Å². The monoisotopic (exact) mass is 336 g/mol. The Morgan fingerprint density at radius 3 is 2.35 bits per heavy atom. The third-order valence-electron chi connectivity index (χ3n) is 4.93. The summed E-state index contributed by atoms with van der Waals surface area (Å²) in [5, 5.41) is 0. The van der Waals surface area contributed by atoms with Crippen molar-refractivity contribution in [2.75, 3.05) is 31.9 Å². The Balaban J connectivity index is 1.41. The maximum absolute atomic E-state index is 12.9. The molecule has 1 saturated heterocycles. The van der Waals surface area contributed by atoms with Crippen LogP contribution in [0.2, 0.25) is 0 Å². The Morgan fingerprint density at radius 1 is 1.04 bits per heavy atom. The van der Waals surface area contributed by atoms with Gasteiger partial charge in [-0.2, -0.15) is 0 Å². The maximum atomic E-state index is 12.9. The lowest BCUT2D eigenvalue weighted by molar-refractivity contribution is -0.130. The van der Waals surface area contributed by atoms with Crippen LogP contribution in [0.5, 0.6) is 0 Å². The number of halogens is 1.